The highest BCUT2D eigenvalue weighted by Crippen LogP contribution is 2.29. The van der Waals surface area contributed by atoms with Crippen LogP contribution in [0.5, 0.6) is 0 Å². The molecule has 0 saturated heterocycles. The number of rotatable bonds is 11. The average Bonchev–Trinajstić information content (AvgIpc) is 2.84. The third kappa shape index (κ3) is 10.4. The van der Waals surface area contributed by atoms with Crippen molar-refractivity contribution in [1.29, 1.82) is 0 Å². The molecule has 0 spiro atoms. The maximum absolute atomic E-state index is 12.9. The molecule has 9 nitrogen and oxygen atoms in total. The van der Waals surface area contributed by atoms with Crippen LogP contribution in [0.2, 0.25) is 0 Å². The molecule has 9 heteroatoms. The molecule has 0 aromatic heterocycles. The Hall–Kier alpha value is -3.10. The first-order valence-corrected chi connectivity index (χ1v) is 13.2. The molecule has 1 aromatic rings. The summed E-state index contributed by atoms with van der Waals surface area (Å²) < 4.78 is 5.31. The highest BCUT2D eigenvalue weighted by molar-refractivity contribution is 5.86. The number of nitrogens with one attached hydrogen (secondary N) is 3. The number of aliphatic carboxylic acids is 1. The number of carbonyl (C=O) groups is 4. The van der Waals surface area contributed by atoms with Gasteiger partial charge in [0.05, 0.1) is 0 Å². The van der Waals surface area contributed by atoms with E-state index >= 15 is 0 Å². The third-order valence-electron chi connectivity index (χ3n) is 6.85. The molecule has 3 amide bonds. The van der Waals surface area contributed by atoms with Gasteiger partial charge in [-0.25, -0.2) is 9.59 Å². The molecule has 0 heterocycles. The fourth-order valence-corrected chi connectivity index (χ4v) is 4.46. The number of amides is 3. The van der Waals surface area contributed by atoms with Gasteiger partial charge < -0.3 is 25.8 Å². The van der Waals surface area contributed by atoms with Crippen molar-refractivity contribution in [3.8, 4) is 0 Å². The summed E-state index contributed by atoms with van der Waals surface area (Å²) in [4.78, 5) is 49.6. The minimum absolute atomic E-state index is 0.0648. The van der Waals surface area contributed by atoms with Crippen molar-refractivity contribution in [3.05, 3.63) is 35.9 Å². The van der Waals surface area contributed by atoms with Crippen LogP contribution in [0, 0.1) is 17.8 Å². The van der Waals surface area contributed by atoms with Gasteiger partial charge in [0.1, 0.15) is 17.7 Å². The summed E-state index contributed by atoms with van der Waals surface area (Å²) in [7, 11) is 0. The molecule has 206 valence electrons. The van der Waals surface area contributed by atoms with Gasteiger partial charge in [-0.3, -0.25) is 9.59 Å². The van der Waals surface area contributed by atoms with Gasteiger partial charge in [0, 0.05) is 18.9 Å². The first kappa shape index (κ1) is 30.1. The Morgan fingerprint density at radius 2 is 1.65 bits per heavy atom. The molecule has 0 aliphatic heterocycles. The van der Waals surface area contributed by atoms with Crippen molar-refractivity contribution in [2.45, 2.75) is 90.8 Å². The number of benzene rings is 1. The normalized spacial score (nSPS) is 20.1. The fourth-order valence-electron chi connectivity index (χ4n) is 4.46. The monoisotopic (exact) mass is 517 g/mol. The summed E-state index contributed by atoms with van der Waals surface area (Å²) in [6.07, 6.45) is 3.11. The fraction of sp³-hybridized carbons (Fsp3) is 0.643. The predicted molar refractivity (Wildman–Crippen MR) is 141 cm³/mol. The van der Waals surface area contributed by atoms with E-state index in [1.807, 2.05) is 44.2 Å². The van der Waals surface area contributed by atoms with Crippen LogP contribution in [0.1, 0.15) is 72.3 Å². The van der Waals surface area contributed by atoms with Gasteiger partial charge in [-0.15, -0.1) is 0 Å². The molecule has 3 atom stereocenters. The van der Waals surface area contributed by atoms with Crippen molar-refractivity contribution in [2.75, 3.05) is 6.54 Å². The SMILES string of the molecule is CC[C@H](C)[C@H](NC(=O)OC(C)(C)C)C(=O)NCC1CCC(C(=O)N[C@@H](Cc2ccccc2)C(=O)O)CC1. The Kier molecular flexibility index (Phi) is 11.4. The Morgan fingerprint density at radius 3 is 2.19 bits per heavy atom. The minimum Gasteiger partial charge on any atom is -0.480 e. The van der Waals surface area contributed by atoms with E-state index < -0.39 is 29.7 Å². The van der Waals surface area contributed by atoms with Crippen molar-refractivity contribution in [3.63, 3.8) is 0 Å². The van der Waals surface area contributed by atoms with Gasteiger partial charge in [0.15, 0.2) is 0 Å². The molecule has 1 fully saturated rings. The van der Waals surface area contributed by atoms with Crippen LogP contribution in [-0.2, 0) is 25.5 Å². The van der Waals surface area contributed by atoms with E-state index in [1.165, 1.54) is 0 Å². The maximum Gasteiger partial charge on any atom is 0.408 e. The van der Waals surface area contributed by atoms with Gasteiger partial charge in [0.25, 0.3) is 0 Å². The minimum atomic E-state index is -1.05. The zero-order chi connectivity index (χ0) is 27.6. The molecule has 2 rings (SSSR count). The smallest absolute Gasteiger partial charge is 0.408 e. The Balaban J connectivity index is 1.83. The summed E-state index contributed by atoms with van der Waals surface area (Å²) in [5, 5.41) is 17.9. The number of carbonyl (C=O) groups excluding carboxylic acids is 3. The van der Waals surface area contributed by atoms with Gasteiger partial charge in [0.2, 0.25) is 11.8 Å². The van der Waals surface area contributed by atoms with Crippen LogP contribution in [0.4, 0.5) is 4.79 Å². The summed E-state index contributed by atoms with van der Waals surface area (Å²) in [6, 6.07) is 7.57. The Morgan fingerprint density at radius 1 is 1.03 bits per heavy atom. The van der Waals surface area contributed by atoms with Gasteiger partial charge >= 0.3 is 12.1 Å². The Labute approximate surface area is 220 Å². The van der Waals surface area contributed by atoms with E-state index in [1.54, 1.807) is 20.8 Å². The molecule has 4 N–H and O–H groups in total. The van der Waals surface area contributed by atoms with Crippen LogP contribution >= 0.6 is 0 Å². The largest absolute Gasteiger partial charge is 0.480 e. The van der Waals surface area contributed by atoms with Crippen molar-refractivity contribution < 1.29 is 29.0 Å². The van der Waals surface area contributed by atoms with Crippen LogP contribution in [0.3, 0.4) is 0 Å². The number of hydrogen-bond donors (Lipinski definition) is 4. The molecule has 1 saturated carbocycles. The van der Waals surface area contributed by atoms with Crippen molar-refractivity contribution in [1.82, 2.24) is 16.0 Å². The molecular weight excluding hydrogens is 474 g/mol. The summed E-state index contributed by atoms with van der Waals surface area (Å²) >= 11 is 0. The third-order valence-corrected chi connectivity index (χ3v) is 6.85. The molecule has 1 aromatic carbocycles. The molecule has 0 radical (unpaired) electrons. The lowest BCUT2D eigenvalue weighted by Gasteiger charge is -2.30. The topological polar surface area (TPSA) is 134 Å². The average molecular weight is 518 g/mol. The summed E-state index contributed by atoms with van der Waals surface area (Å²) in [6.45, 7) is 9.64. The molecular formula is C28H43N3O6. The van der Waals surface area contributed by atoms with Crippen molar-refractivity contribution >= 4 is 23.9 Å². The van der Waals surface area contributed by atoms with Crippen LogP contribution in [0.15, 0.2) is 30.3 Å². The molecule has 37 heavy (non-hydrogen) atoms. The van der Waals surface area contributed by atoms with Gasteiger partial charge in [-0.1, -0.05) is 50.6 Å². The second-order valence-electron chi connectivity index (χ2n) is 11.1. The van der Waals surface area contributed by atoms with Crippen LogP contribution < -0.4 is 16.0 Å². The summed E-state index contributed by atoms with van der Waals surface area (Å²) in [5.41, 5.74) is 0.198. The van der Waals surface area contributed by atoms with E-state index in [4.69, 9.17) is 4.74 Å². The van der Waals surface area contributed by atoms with E-state index in [9.17, 15) is 24.3 Å². The Bertz CT molecular complexity index is 906. The predicted octanol–water partition coefficient (Wildman–Crippen LogP) is 3.66. The van der Waals surface area contributed by atoms with E-state index in [-0.39, 0.29) is 36.0 Å². The van der Waals surface area contributed by atoms with Gasteiger partial charge in [-0.2, -0.15) is 0 Å². The van der Waals surface area contributed by atoms with Gasteiger partial charge in [-0.05, 0) is 63.9 Å². The van der Waals surface area contributed by atoms with E-state index in [0.29, 0.717) is 19.4 Å². The molecule has 1 aliphatic carbocycles. The summed E-state index contributed by atoms with van der Waals surface area (Å²) in [5.74, 6) is -1.62. The number of carboxylic acid groups (broad SMARTS) is 1. The zero-order valence-corrected chi connectivity index (χ0v) is 22.7. The zero-order valence-electron chi connectivity index (χ0n) is 22.7. The number of hydrogen-bond acceptors (Lipinski definition) is 5. The number of alkyl carbamates (subject to hydrolysis) is 1. The molecule has 0 unspecified atom stereocenters. The standard InChI is InChI=1S/C28H43N3O6/c1-6-18(2)23(31-27(36)37-28(3,4)5)25(33)29-17-20-12-14-21(15-13-20)24(32)30-22(26(34)35)16-19-10-8-7-9-11-19/h7-11,18,20-23H,6,12-17H2,1-5H3,(H,29,33)(H,30,32)(H,31,36)(H,34,35)/t18-,20?,21?,22-,23-/m0/s1. The molecule has 1 aliphatic rings. The second-order valence-corrected chi connectivity index (χ2v) is 11.1. The first-order valence-electron chi connectivity index (χ1n) is 13.2. The highest BCUT2D eigenvalue weighted by atomic mass is 16.6. The number of carboxylic acids is 1. The lowest BCUT2D eigenvalue weighted by Crippen LogP contribution is -2.52. The lowest BCUT2D eigenvalue weighted by atomic mass is 9.81. The van der Waals surface area contributed by atoms with E-state index in [2.05, 4.69) is 16.0 Å². The molecule has 0 bridgehead atoms. The van der Waals surface area contributed by atoms with Crippen LogP contribution in [-0.4, -0.2) is 53.2 Å². The highest BCUT2D eigenvalue weighted by Gasteiger charge is 2.31. The van der Waals surface area contributed by atoms with Crippen molar-refractivity contribution in [2.24, 2.45) is 17.8 Å². The first-order chi connectivity index (χ1) is 17.4. The maximum atomic E-state index is 12.9. The number of ether oxygens (including phenoxy) is 1. The quantitative estimate of drug-likeness (QED) is 0.354. The van der Waals surface area contributed by atoms with Crippen LogP contribution in [0.25, 0.3) is 0 Å². The van der Waals surface area contributed by atoms with E-state index in [0.717, 1.165) is 24.8 Å². The second kappa shape index (κ2) is 14.0. The lowest BCUT2D eigenvalue weighted by molar-refractivity contribution is -0.142.